The molecule has 0 spiro atoms. The van der Waals surface area contributed by atoms with Crippen molar-refractivity contribution in [3.8, 4) is 0 Å². The highest BCUT2D eigenvalue weighted by molar-refractivity contribution is 7.99. The molecule has 2 unspecified atom stereocenters. The van der Waals surface area contributed by atoms with Crippen LogP contribution in [0.2, 0.25) is 0 Å². The first-order valence-electron chi connectivity index (χ1n) is 9.98. The van der Waals surface area contributed by atoms with E-state index < -0.39 is 0 Å². The molecule has 8 heteroatoms. The summed E-state index contributed by atoms with van der Waals surface area (Å²) in [7, 11) is 0. The number of fused-ring (bicyclic) bond motifs is 1. The second kappa shape index (κ2) is 8.61. The molecule has 0 amide bonds. The second-order valence-corrected chi connectivity index (χ2v) is 8.37. The van der Waals surface area contributed by atoms with Crippen molar-refractivity contribution in [3.63, 3.8) is 0 Å². The summed E-state index contributed by atoms with van der Waals surface area (Å²) in [6.45, 7) is 0. The standard InChI is InChI=1S/C23H20N6OS/c30-23-21(27-26-16-9-3-1-4-10-16)22-25-19(18-13-7-8-14-24-18)15-20(29(22)28-23)31-17-11-5-2-6-12-17/h1-14,19-20,25H,15H2,(H,28,30). The largest absolute Gasteiger partial charge is 0.360 e. The molecule has 3 heterocycles. The van der Waals surface area contributed by atoms with Crippen LogP contribution < -0.4 is 10.9 Å². The van der Waals surface area contributed by atoms with Gasteiger partial charge in [0.25, 0.3) is 5.56 Å². The molecular formula is C23H20N6OS. The van der Waals surface area contributed by atoms with Gasteiger partial charge in [-0.3, -0.25) is 19.6 Å². The summed E-state index contributed by atoms with van der Waals surface area (Å²) < 4.78 is 1.86. The Morgan fingerprint density at radius 2 is 1.68 bits per heavy atom. The summed E-state index contributed by atoms with van der Waals surface area (Å²) in [4.78, 5) is 18.4. The van der Waals surface area contributed by atoms with E-state index in [-0.39, 0.29) is 22.7 Å². The third-order valence-electron chi connectivity index (χ3n) is 5.02. The molecule has 154 valence electrons. The number of anilines is 1. The fourth-order valence-corrected chi connectivity index (χ4v) is 4.73. The normalized spacial score (nSPS) is 17.9. The van der Waals surface area contributed by atoms with Gasteiger partial charge in [-0.05, 0) is 36.4 Å². The average Bonchev–Trinajstić information content (AvgIpc) is 3.15. The quantitative estimate of drug-likeness (QED) is 0.391. The molecular weight excluding hydrogens is 408 g/mol. The average molecular weight is 429 g/mol. The number of pyridine rings is 1. The summed E-state index contributed by atoms with van der Waals surface area (Å²) in [5, 5.41) is 14.9. The fourth-order valence-electron chi connectivity index (χ4n) is 3.55. The van der Waals surface area contributed by atoms with Gasteiger partial charge in [-0.1, -0.05) is 54.2 Å². The maximum Gasteiger partial charge on any atom is 0.294 e. The van der Waals surface area contributed by atoms with E-state index in [1.54, 1.807) is 18.0 Å². The number of H-pyrrole nitrogens is 1. The van der Waals surface area contributed by atoms with Gasteiger partial charge < -0.3 is 5.32 Å². The number of nitrogens with one attached hydrogen (secondary N) is 2. The number of rotatable bonds is 5. The lowest BCUT2D eigenvalue weighted by atomic mass is 10.1. The summed E-state index contributed by atoms with van der Waals surface area (Å²) in [5.74, 6) is 0.625. The topological polar surface area (TPSA) is 87.4 Å². The van der Waals surface area contributed by atoms with Crippen LogP contribution in [0.4, 0.5) is 17.2 Å². The molecule has 2 atom stereocenters. The van der Waals surface area contributed by atoms with Crippen LogP contribution in [-0.2, 0) is 0 Å². The van der Waals surface area contributed by atoms with E-state index in [0.29, 0.717) is 11.5 Å². The predicted molar refractivity (Wildman–Crippen MR) is 122 cm³/mol. The van der Waals surface area contributed by atoms with Crippen LogP contribution >= 0.6 is 11.8 Å². The van der Waals surface area contributed by atoms with E-state index in [2.05, 4.69) is 37.8 Å². The van der Waals surface area contributed by atoms with Crippen molar-refractivity contribution in [1.82, 2.24) is 14.8 Å². The van der Waals surface area contributed by atoms with Gasteiger partial charge in [-0.15, -0.1) is 5.11 Å². The molecule has 0 saturated carbocycles. The number of aromatic amines is 1. The molecule has 2 aromatic carbocycles. The van der Waals surface area contributed by atoms with Crippen molar-refractivity contribution < 1.29 is 0 Å². The summed E-state index contributed by atoms with van der Waals surface area (Å²) in [6.07, 6.45) is 2.54. The van der Waals surface area contributed by atoms with Crippen LogP contribution in [0.3, 0.4) is 0 Å². The lowest BCUT2D eigenvalue weighted by Gasteiger charge is -2.32. The van der Waals surface area contributed by atoms with Crippen LogP contribution in [0.15, 0.2) is 105 Å². The molecule has 5 rings (SSSR count). The second-order valence-electron chi connectivity index (χ2n) is 7.12. The van der Waals surface area contributed by atoms with Crippen LogP contribution in [0.25, 0.3) is 0 Å². The third kappa shape index (κ3) is 4.15. The first kappa shape index (κ1) is 19.3. The zero-order valence-electron chi connectivity index (χ0n) is 16.6. The molecule has 2 aromatic heterocycles. The van der Waals surface area contributed by atoms with E-state index >= 15 is 0 Å². The Hall–Kier alpha value is -3.65. The maximum absolute atomic E-state index is 12.8. The van der Waals surface area contributed by atoms with Gasteiger partial charge in [0.05, 0.1) is 17.4 Å². The lowest BCUT2D eigenvalue weighted by Crippen LogP contribution is -2.26. The summed E-state index contributed by atoms with van der Waals surface area (Å²) in [6, 6.07) is 25.3. The number of hydrogen-bond acceptors (Lipinski definition) is 6. The van der Waals surface area contributed by atoms with Gasteiger partial charge in [-0.25, -0.2) is 0 Å². The van der Waals surface area contributed by atoms with Gasteiger partial charge in [0.1, 0.15) is 5.37 Å². The molecule has 0 radical (unpaired) electrons. The molecule has 31 heavy (non-hydrogen) atoms. The first-order valence-corrected chi connectivity index (χ1v) is 10.9. The molecule has 0 fully saturated rings. The summed E-state index contributed by atoms with van der Waals surface area (Å²) >= 11 is 1.69. The maximum atomic E-state index is 12.8. The molecule has 4 aromatic rings. The number of hydrogen-bond donors (Lipinski definition) is 2. The van der Waals surface area contributed by atoms with E-state index in [1.807, 2.05) is 71.4 Å². The summed E-state index contributed by atoms with van der Waals surface area (Å²) in [5.41, 5.74) is 1.60. The minimum absolute atomic E-state index is 0.0287. The highest BCUT2D eigenvalue weighted by Crippen LogP contribution is 2.45. The monoisotopic (exact) mass is 428 g/mol. The fraction of sp³-hybridized carbons (Fsp3) is 0.130. The number of thioether (sulfide) groups is 1. The zero-order valence-corrected chi connectivity index (χ0v) is 17.4. The van der Waals surface area contributed by atoms with Gasteiger partial charge in [0.2, 0.25) is 0 Å². The van der Waals surface area contributed by atoms with Crippen molar-refractivity contribution in [3.05, 3.63) is 101 Å². The van der Waals surface area contributed by atoms with Crippen molar-refractivity contribution >= 4 is 29.0 Å². The number of benzene rings is 2. The molecule has 1 aliphatic rings. The smallest absolute Gasteiger partial charge is 0.294 e. The molecule has 1 aliphatic heterocycles. The highest BCUT2D eigenvalue weighted by Gasteiger charge is 2.32. The number of nitrogens with zero attached hydrogens (tertiary/aromatic N) is 4. The first-order chi connectivity index (χ1) is 15.3. The Morgan fingerprint density at radius 3 is 2.42 bits per heavy atom. The SMILES string of the molecule is O=c1[nH]n2c(c1N=Nc1ccccc1)NC(c1ccccn1)CC2Sc1ccccc1. The highest BCUT2D eigenvalue weighted by atomic mass is 32.2. The van der Waals surface area contributed by atoms with Gasteiger partial charge in [0.15, 0.2) is 11.5 Å². The van der Waals surface area contributed by atoms with Crippen molar-refractivity contribution in [2.45, 2.75) is 22.7 Å². The minimum atomic E-state index is -0.275. The molecule has 2 N–H and O–H groups in total. The van der Waals surface area contributed by atoms with Crippen molar-refractivity contribution in [2.75, 3.05) is 5.32 Å². The molecule has 0 aliphatic carbocycles. The van der Waals surface area contributed by atoms with Crippen LogP contribution in [0.1, 0.15) is 23.5 Å². The van der Waals surface area contributed by atoms with Gasteiger partial charge >= 0.3 is 0 Å². The number of azo groups is 1. The van der Waals surface area contributed by atoms with Crippen molar-refractivity contribution in [1.29, 1.82) is 0 Å². The zero-order chi connectivity index (χ0) is 21.0. The van der Waals surface area contributed by atoms with Gasteiger partial charge in [0, 0.05) is 17.5 Å². The van der Waals surface area contributed by atoms with E-state index in [9.17, 15) is 4.79 Å². The van der Waals surface area contributed by atoms with E-state index in [4.69, 9.17) is 0 Å². The predicted octanol–water partition coefficient (Wildman–Crippen LogP) is 5.83. The van der Waals surface area contributed by atoms with E-state index in [1.165, 1.54) is 0 Å². The third-order valence-corrected chi connectivity index (χ3v) is 6.24. The van der Waals surface area contributed by atoms with Gasteiger partial charge in [-0.2, -0.15) is 5.11 Å². The number of aromatic nitrogens is 3. The molecule has 0 saturated heterocycles. The van der Waals surface area contributed by atoms with Crippen LogP contribution in [-0.4, -0.2) is 14.8 Å². The molecule has 7 nitrogen and oxygen atoms in total. The van der Waals surface area contributed by atoms with Crippen LogP contribution in [0, 0.1) is 0 Å². The lowest BCUT2D eigenvalue weighted by molar-refractivity contribution is 0.484. The Labute approximate surface area is 183 Å². The minimum Gasteiger partial charge on any atom is -0.360 e. The molecule has 0 bridgehead atoms. The Morgan fingerprint density at radius 1 is 0.935 bits per heavy atom. The Kier molecular flexibility index (Phi) is 5.37. The Balaban J connectivity index is 1.54. The van der Waals surface area contributed by atoms with Crippen LogP contribution in [0.5, 0.6) is 0 Å². The van der Waals surface area contributed by atoms with E-state index in [0.717, 1.165) is 17.0 Å². The Bertz CT molecular complexity index is 1240. The van der Waals surface area contributed by atoms with Crippen molar-refractivity contribution in [2.24, 2.45) is 10.2 Å².